The molecule has 2 N–H and O–H groups in total. The molecule has 0 spiro atoms. The Balaban J connectivity index is 1.78. The molecule has 0 aliphatic carbocycles. The molecular weight excluding hydrogens is 440 g/mol. The van der Waals surface area contributed by atoms with Gasteiger partial charge in [-0.1, -0.05) is 6.07 Å². The molecule has 0 aromatic heterocycles. The van der Waals surface area contributed by atoms with Crippen LogP contribution in [0.25, 0.3) is 11.1 Å². The van der Waals surface area contributed by atoms with Crippen molar-refractivity contribution in [3.8, 4) is 22.6 Å². The summed E-state index contributed by atoms with van der Waals surface area (Å²) in [5, 5.41) is 17.3. The van der Waals surface area contributed by atoms with E-state index in [1.165, 1.54) is 25.2 Å². The second-order valence-corrected chi connectivity index (χ2v) is 7.78. The van der Waals surface area contributed by atoms with Crippen LogP contribution in [0.3, 0.4) is 0 Å². The van der Waals surface area contributed by atoms with Crippen molar-refractivity contribution in [3.63, 3.8) is 0 Å². The highest BCUT2D eigenvalue weighted by atomic mass is 16.6. The molecule has 10 nitrogen and oxygen atoms in total. The first-order valence-electron chi connectivity index (χ1n) is 10.2. The maximum absolute atomic E-state index is 12.9. The number of ether oxygens (including phenoxy) is 2. The van der Waals surface area contributed by atoms with Gasteiger partial charge in [0.2, 0.25) is 0 Å². The first kappa shape index (κ1) is 22.6. The zero-order chi connectivity index (χ0) is 24.6. The largest absolute Gasteiger partial charge is 0.496 e. The van der Waals surface area contributed by atoms with Crippen molar-refractivity contribution in [2.24, 2.45) is 0 Å². The van der Waals surface area contributed by atoms with E-state index in [9.17, 15) is 19.7 Å². The molecule has 0 unspecified atom stereocenters. The van der Waals surface area contributed by atoms with Crippen LogP contribution < -0.4 is 20.1 Å². The van der Waals surface area contributed by atoms with E-state index in [4.69, 9.17) is 9.47 Å². The van der Waals surface area contributed by atoms with Crippen LogP contribution >= 0.6 is 0 Å². The minimum atomic E-state index is -0.509. The normalized spacial score (nSPS) is 11.8. The Hall–Kier alpha value is -4.60. The van der Waals surface area contributed by atoms with E-state index in [2.05, 4.69) is 10.6 Å². The van der Waals surface area contributed by atoms with Crippen LogP contribution in [-0.4, -0.2) is 50.0 Å². The van der Waals surface area contributed by atoms with Crippen LogP contribution in [0.15, 0.2) is 48.5 Å². The van der Waals surface area contributed by atoms with Crippen LogP contribution in [0.1, 0.15) is 20.7 Å². The second kappa shape index (κ2) is 8.74. The maximum Gasteiger partial charge on any atom is 0.310 e. The summed E-state index contributed by atoms with van der Waals surface area (Å²) >= 11 is 0. The number of rotatable bonds is 5. The Morgan fingerprint density at radius 3 is 2.18 bits per heavy atom. The lowest BCUT2D eigenvalue weighted by Crippen LogP contribution is -2.22. The highest BCUT2D eigenvalue weighted by Gasteiger charge is 2.24. The number of benzene rings is 3. The number of nitro groups is 1. The first-order valence-corrected chi connectivity index (χ1v) is 10.2. The van der Waals surface area contributed by atoms with Crippen LogP contribution in [-0.2, 0) is 0 Å². The van der Waals surface area contributed by atoms with Gasteiger partial charge in [0.1, 0.15) is 5.75 Å². The number of anilines is 3. The van der Waals surface area contributed by atoms with E-state index in [1.54, 1.807) is 56.6 Å². The summed E-state index contributed by atoms with van der Waals surface area (Å²) in [6.07, 6.45) is 0. The van der Waals surface area contributed by atoms with Gasteiger partial charge in [0.25, 0.3) is 11.8 Å². The highest BCUT2D eigenvalue weighted by molar-refractivity contribution is 6.13. The summed E-state index contributed by atoms with van der Waals surface area (Å²) < 4.78 is 10.6. The van der Waals surface area contributed by atoms with Crippen molar-refractivity contribution in [2.45, 2.75) is 0 Å². The maximum atomic E-state index is 12.9. The lowest BCUT2D eigenvalue weighted by molar-refractivity contribution is -0.385. The Morgan fingerprint density at radius 2 is 1.53 bits per heavy atom. The molecular formula is C24H22N4O6. The highest BCUT2D eigenvalue weighted by Crippen LogP contribution is 2.39. The number of nitrogens with one attached hydrogen (secondary N) is 2. The predicted molar refractivity (Wildman–Crippen MR) is 127 cm³/mol. The van der Waals surface area contributed by atoms with Crippen molar-refractivity contribution in [2.75, 3.05) is 38.9 Å². The molecule has 1 aliphatic rings. The lowest BCUT2D eigenvalue weighted by Gasteiger charge is -2.17. The molecule has 0 atom stereocenters. The van der Waals surface area contributed by atoms with E-state index < -0.39 is 4.92 Å². The molecule has 4 rings (SSSR count). The third kappa shape index (κ3) is 3.96. The molecule has 1 aliphatic heterocycles. The fraction of sp³-hybridized carbons (Fsp3) is 0.167. The molecule has 174 valence electrons. The topological polar surface area (TPSA) is 123 Å². The number of amides is 2. The van der Waals surface area contributed by atoms with Crippen LogP contribution in [0.4, 0.5) is 22.7 Å². The molecule has 0 fully saturated rings. The van der Waals surface area contributed by atoms with Gasteiger partial charge >= 0.3 is 5.69 Å². The second-order valence-electron chi connectivity index (χ2n) is 7.78. The predicted octanol–water partition coefficient (Wildman–Crippen LogP) is 4.29. The van der Waals surface area contributed by atoms with Gasteiger partial charge in [-0.3, -0.25) is 19.7 Å². The van der Waals surface area contributed by atoms with Crippen molar-refractivity contribution >= 4 is 34.6 Å². The number of carbonyl (C=O) groups excluding carboxylic acids is 2. The zero-order valence-corrected chi connectivity index (χ0v) is 19.0. The van der Waals surface area contributed by atoms with Crippen LogP contribution in [0.5, 0.6) is 11.5 Å². The number of methoxy groups -OCH3 is 2. The van der Waals surface area contributed by atoms with Crippen molar-refractivity contribution < 1.29 is 24.0 Å². The molecule has 2 amide bonds. The van der Waals surface area contributed by atoms with Gasteiger partial charge in [-0.05, 0) is 41.5 Å². The third-order valence-electron chi connectivity index (χ3n) is 5.47. The first-order chi connectivity index (χ1) is 16.2. The van der Waals surface area contributed by atoms with Crippen molar-refractivity contribution in [3.05, 3.63) is 69.8 Å². The van der Waals surface area contributed by atoms with Gasteiger partial charge in [0.05, 0.1) is 47.3 Å². The smallest absolute Gasteiger partial charge is 0.310 e. The third-order valence-corrected chi connectivity index (χ3v) is 5.47. The number of nitro benzene ring substituents is 1. The van der Waals surface area contributed by atoms with Gasteiger partial charge in [0, 0.05) is 26.2 Å². The molecule has 0 radical (unpaired) electrons. The van der Waals surface area contributed by atoms with Gasteiger partial charge < -0.3 is 25.0 Å². The summed E-state index contributed by atoms with van der Waals surface area (Å²) in [5.41, 5.74) is 3.50. The fourth-order valence-corrected chi connectivity index (χ4v) is 3.73. The van der Waals surface area contributed by atoms with Crippen molar-refractivity contribution in [1.82, 2.24) is 4.90 Å². The van der Waals surface area contributed by atoms with E-state index >= 15 is 0 Å². The summed E-state index contributed by atoms with van der Waals surface area (Å²) in [4.78, 5) is 37.6. The minimum absolute atomic E-state index is 0.135. The minimum Gasteiger partial charge on any atom is -0.496 e. The quantitative estimate of drug-likeness (QED) is 0.428. The molecule has 34 heavy (non-hydrogen) atoms. The molecule has 10 heteroatoms. The molecule has 0 saturated heterocycles. The molecule has 0 bridgehead atoms. The number of carbonyl (C=O) groups is 2. The SMILES string of the molecule is COc1cc2c(cc1C(=O)N(C)C)NC(=O)c1ccc(-c3ccc([N+](=O)[O-])c(OC)c3)cc1N2. The van der Waals surface area contributed by atoms with Gasteiger partial charge in [-0.25, -0.2) is 0 Å². The average Bonchev–Trinajstić information content (AvgIpc) is 2.96. The fourth-order valence-electron chi connectivity index (χ4n) is 3.73. The number of fused-ring (bicyclic) bond motifs is 2. The Morgan fingerprint density at radius 1 is 0.882 bits per heavy atom. The van der Waals surface area contributed by atoms with E-state index in [1.807, 2.05) is 0 Å². The van der Waals surface area contributed by atoms with Gasteiger partial charge in [0.15, 0.2) is 5.75 Å². The lowest BCUT2D eigenvalue weighted by atomic mass is 10.0. The van der Waals surface area contributed by atoms with E-state index in [0.717, 1.165) is 5.56 Å². The Labute approximate surface area is 195 Å². The van der Waals surface area contributed by atoms with E-state index in [-0.39, 0.29) is 23.3 Å². The van der Waals surface area contributed by atoms with Crippen LogP contribution in [0.2, 0.25) is 0 Å². The summed E-state index contributed by atoms with van der Waals surface area (Å²) in [5.74, 6) is -0.109. The van der Waals surface area contributed by atoms with Crippen LogP contribution in [0, 0.1) is 10.1 Å². The summed E-state index contributed by atoms with van der Waals surface area (Å²) in [7, 11) is 6.11. The average molecular weight is 462 g/mol. The van der Waals surface area contributed by atoms with Crippen molar-refractivity contribution in [1.29, 1.82) is 0 Å². The molecule has 1 heterocycles. The number of hydrogen-bond acceptors (Lipinski definition) is 7. The number of nitrogens with zero attached hydrogens (tertiary/aromatic N) is 2. The zero-order valence-electron chi connectivity index (χ0n) is 19.0. The van der Waals surface area contributed by atoms with Gasteiger partial charge in [-0.2, -0.15) is 0 Å². The summed E-state index contributed by atoms with van der Waals surface area (Å²) in [6, 6.07) is 13.0. The number of hydrogen-bond donors (Lipinski definition) is 2. The van der Waals surface area contributed by atoms with Gasteiger partial charge in [-0.15, -0.1) is 0 Å². The molecule has 0 saturated carbocycles. The molecule has 3 aromatic carbocycles. The van der Waals surface area contributed by atoms with E-state index in [0.29, 0.717) is 39.5 Å². The Kier molecular flexibility index (Phi) is 5.80. The monoisotopic (exact) mass is 462 g/mol. The summed E-state index contributed by atoms with van der Waals surface area (Å²) in [6.45, 7) is 0. The molecule has 3 aromatic rings. The standard InChI is InChI=1S/C24H22N4O6/c1-27(2)24(30)16-11-18-19(12-21(16)33-3)25-17-9-13(5-7-15(17)23(29)26-18)14-6-8-20(28(31)32)22(10-14)34-4/h5-12,25H,1-4H3,(H,26,29). The Bertz CT molecular complexity index is 1340.